The van der Waals surface area contributed by atoms with Gasteiger partial charge in [-0.1, -0.05) is 0 Å². The number of anilines is 1. The van der Waals surface area contributed by atoms with Crippen molar-refractivity contribution in [1.82, 2.24) is 20.1 Å². The molecule has 3 heterocycles. The summed E-state index contributed by atoms with van der Waals surface area (Å²) < 4.78 is 7.24. The lowest BCUT2D eigenvalue weighted by Gasteiger charge is -2.14. The van der Waals surface area contributed by atoms with Gasteiger partial charge in [-0.2, -0.15) is 5.10 Å². The number of hydrogen-bond acceptors (Lipinski definition) is 6. The van der Waals surface area contributed by atoms with Crippen LogP contribution in [0.3, 0.4) is 0 Å². The SMILES string of the molecule is Cc1cc(C(=O)NCC(=O)N(C)c2nc3c(s2)CCc2c-3cnn2C)c(C)o1. The zero-order valence-electron chi connectivity index (χ0n) is 16.2. The van der Waals surface area contributed by atoms with Crippen molar-refractivity contribution in [3.8, 4) is 11.3 Å². The van der Waals surface area contributed by atoms with Crippen LogP contribution in [0.1, 0.15) is 32.4 Å². The standard InChI is InChI=1S/C19H21N5O3S/c1-10-7-12(11(2)27-10)18(26)20-9-16(25)23(3)19-22-17-13-8-21-24(4)14(13)5-6-15(17)28-19/h7-8H,5-6,9H2,1-4H3,(H,20,26). The number of nitrogens with zero attached hydrogens (tertiary/aromatic N) is 4. The van der Waals surface area contributed by atoms with Gasteiger partial charge in [0.05, 0.1) is 24.0 Å². The minimum Gasteiger partial charge on any atom is -0.466 e. The molecular weight excluding hydrogens is 378 g/mol. The number of hydrogen-bond donors (Lipinski definition) is 1. The third-order valence-electron chi connectivity index (χ3n) is 4.94. The highest BCUT2D eigenvalue weighted by atomic mass is 32.1. The molecule has 2 amide bonds. The predicted molar refractivity (Wildman–Crippen MR) is 106 cm³/mol. The molecule has 0 spiro atoms. The summed E-state index contributed by atoms with van der Waals surface area (Å²) in [5, 5.41) is 7.60. The van der Waals surface area contributed by atoms with Crippen LogP contribution in [0.15, 0.2) is 16.7 Å². The lowest BCUT2D eigenvalue weighted by Crippen LogP contribution is -2.38. The van der Waals surface area contributed by atoms with E-state index >= 15 is 0 Å². The molecule has 3 aromatic heterocycles. The molecule has 0 radical (unpaired) electrons. The fourth-order valence-electron chi connectivity index (χ4n) is 3.38. The fourth-order valence-corrected chi connectivity index (χ4v) is 4.44. The highest BCUT2D eigenvalue weighted by Crippen LogP contribution is 2.38. The molecule has 0 saturated heterocycles. The monoisotopic (exact) mass is 399 g/mol. The van der Waals surface area contributed by atoms with Gasteiger partial charge in [0.2, 0.25) is 5.91 Å². The molecule has 3 aromatic rings. The molecule has 0 saturated carbocycles. The smallest absolute Gasteiger partial charge is 0.255 e. The third kappa shape index (κ3) is 3.11. The molecule has 0 fully saturated rings. The van der Waals surface area contributed by atoms with Gasteiger partial charge in [-0.05, 0) is 32.8 Å². The number of amides is 2. The van der Waals surface area contributed by atoms with Crippen LogP contribution in [0.4, 0.5) is 5.13 Å². The first-order valence-electron chi connectivity index (χ1n) is 8.98. The number of nitrogens with one attached hydrogen (secondary N) is 1. The van der Waals surface area contributed by atoms with Crippen LogP contribution in [-0.4, -0.2) is 40.2 Å². The van der Waals surface area contributed by atoms with Gasteiger partial charge in [-0.15, -0.1) is 11.3 Å². The topological polar surface area (TPSA) is 93.3 Å². The Labute approximate surface area is 166 Å². The van der Waals surface area contributed by atoms with Gasteiger partial charge in [0.15, 0.2) is 5.13 Å². The quantitative estimate of drug-likeness (QED) is 0.726. The number of likely N-dealkylation sites (N-methyl/N-ethyl adjacent to an activating group) is 1. The van der Waals surface area contributed by atoms with Gasteiger partial charge >= 0.3 is 0 Å². The minimum atomic E-state index is -0.325. The molecule has 1 aliphatic carbocycles. The van der Waals surface area contributed by atoms with Crippen molar-refractivity contribution in [3.05, 3.63) is 39.9 Å². The molecule has 146 valence electrons. The average Bonchev–Trinajstić information content (AvgIpc) is 3.35. The summed E-state index contributed by atoms with van der Waals surface area (Å²) in [5.41, 5.74) is 3.55. The van der Waals surface area contributed by atoms with E-state index in [4.69, 9.17) is 4.42 Å². The first kappa shape index (κ1) is 18.4. The number of thiazole rings is 1. The summed E-state index contributed by atoms with van der Waals surface area (Å²) in [4.78, 5) is 32.2. The molecule has 1 N–H and O–H groups in total. The second-order valence-electron chi connectivity index (χ2n) is 6.86. The molecule has 0 aliphatic heterocycles. The minimum absolute atomic E-state index is 0.110. The first-order valence-corrected chi connectivity index (χ1v) is 9.79. The third-order valence-corrected chi connectivity index (χ3v) is 6.13. The van der Waals surface area contributed by atoms with Gasteiger partial charge in [-0.25, -0.2) is 4.98 Å². The zero-order chi connectivity index (χ0) is 20.0. The Morgan fingerprint density at radius 3 is 2.86 bits per heavy atom. The van der Waals surface area contributed by atoms with E-state index in [1.54, 1.807) is 27.0 Å². The molecule has 8 nitrogen and oxygen atoms in total. The highest BCUT2D eigenvalue weighted by Gasteiger charge is 2.26. The Kier molecular flexibility index (Phi) is 4.54. The summed E-state index contributed by atoms with van der Waals surface area (Å²) in [6, 6.07) is 1.67. The number of carbonyl (C=O) groups is 2. The van der Waals surface area contributed by atoms with Gasteiger partial charge < -0.3 is 9.73 Å². The van der Waals surface area contributed by atoms with E-state index in [2.05, 4.69) is 15.4 Å². The Morgan fingerprint density at radius 1 is 1.36 bits per heavy atom. The largest absolute Gasteiger partial charge is 0.466 e. The lowest BCUT2D eigenvalue weighted by molar-refractivity contribution is -0.117. The number of rotatable bonds is 4. The second kappa shape index (κ2) is 6.90. The van der Waals surface area contributed by atoms with Crippen LogP contribution in [0.2, 0.25) is 0 Å². The molecule has 4 rings (SSSR count). The van der Waals surface area contributed by atoms with Crippen molar-refractivity contribution in [3.63, 3.8) is 0 Å². The van der Waals surface area contributed by atoms with E-state index in [-0.39, 0.29) is 18.4 Å². The normalized spacial score (nSPS) is 12.4. The predicted octanol–water partition coefficient (Wildman–Crippen LogP) is 2.24. The summed E-state index contributed by atoms with van der Waals surface area (Å²) in [6.45, 7) is 3.39. The maximum Gasteiger partial charge on any atom is 0.255 e. The van der Waals surface area contributed by atoms with Gasteiger partial charge in [-0.3, -0.25) is 19.2 Å². The molecular formula is C19H21N5O3S. The summed E-state index contributed by atoms with van der Waals surface area (Å²) >= 11 is 1.51. The van der Waals surface area contributed by atoms with Crippen molar-refractivity contribution in [2.75, 3.05) is 18.5 Å². The maximum absolute atomic E-state index is 12.6. The molecule has 0 atom stereocenters. The number of carbonyl (C=O) groups excluding carboxylic acids is 2. The number of aromatic nitrogens is 3. The molecule has 0 aromatic carbocycles. The lowest BCUT2D eigenvalue weighted by atomic mass is 10.0. The Balaban J connectivity index is 1.46. The van der Waals surface area contributed by atoms with E-state index < -0.39 is 0 Å². The first-order chi connectivity index (χ1) is 13.3. The van der Waals surface area contributed by atoms with Crippen LogP contribution in [0, 0.1) is 13.8 Å². The molecule has 0 bridgehead atoms. The van der Waals surface area contributed by atoms with Crippen LogP contribution in [-0.2, 0) is 24.7 Å². The van der Waals surface area contributed by atoms with Crippen molar-refractivity contribution >= 4 is 28.3 Å². The second-order valence-corrected chi connectivity index (χ2v) is 7.92. The molecule has 0 unspecified atom stereocenters. The van der Waals surface area contributed by atoms with Crippen molar-refractivity contribution < 1.29 is 14.0 Å². The fraction of sp³-hybridized carbons (Fsp3) is 0.368. The van der Waals surface area contributed by atoms with Gasteiger partial charge in [0.1, 0.15) is 11.5 Å². The molecule has 1 aliphatic rings. The van der Waals surface area contributed by atoms with Crippen LogP contribution in [0.5, 0.6) is 0 Å². The van der Waals surface area contributed by atoms with Crippen molar-refractivity contribution in [2.45, 2.75) is 26.7 Å². The van der Waals surface area contributed by atoms with E-state index in [0.717, 1.165) is 34.7 Å². The van der Waals surface area contributed by atoms with E-state index in [9.17, 15) is 9.59 Å². The average molecular weight is 399 g/mol. The number of aryl methyl sites for hydroxylation is 4. The van der Waals surface area contributed by atoms with Crippen LogP contribution in [0.25, 0.3) is 11.3 Å². The van der Waals surface area contributed by atoms with Crippen molar-refractivity contribution in [2.24, 2.45) is 7.05 Å². The summed E-state index contributed by atoms with van der Waals surface area (Å²) in [7, 11) is 3.61. The molecule has 9 heteroatoms. The van der Waals surface area contributed by atoms with E-state index in [1.807, 2.05) is 17.9 Å². The van der Waals surface area contributed by atoms with Crippen molar-refractivity contribution in [1.29, 1.82) is 0 Å². The summed E-state index contributed by atoms with van der Waals surface area (Å²) in [5.74, 6) is 0.642. The van der Waals surface area contributed by atoms with Crippen LogP contribution >= 0.6 is 11.3 Å². The van der Waals surface area contributed by atoms with Gasteiger partial charge in [0, 0.05) is 30.2 Å². The maximum atomic E-state index is 12.6. The summed E-state index contributed by atoms with van der Waals surface area (Å²) in [6.07, 6.45) is 3.63. The van der Waals surface area contributed by atoms with Crippen LogP contribution < -0.4 is 10.2 Å². The number of fused-ring (bicyclic) bond motifs is 3. The Hall–Kier alpha value is -2.94. The molecule has 28 heavy (non-hydrogen) atoms. The van der Waals surface area contributed by atoms with E-state index in [0.29, 0.717) is 22.2 Å². The highest BCUT2D eigenvalue weighted by molar-refractivity contribution is 7.16. The Morgan fingerprint density at radius 2 is 2.14 bits per heavy atom. The van der Waals surface area contributed by atoms with Gasteiger partial charge in [0.25, 0.3) is 5.91 Å². The number of furan rings is 1. The Bertz CT molecular complexity index is 1080. The van der Waals surface area contributed by atoms with E-state index in [1.165, 1.54) is 16.2 Å². The zero-order valence-corrected chi connectivity index (χ0v) is 17.0.